The van der Waals surface area contributed by atoms with Gasteiger partial charge >= 0.3 is 0 Å². The van der Waals surface area contributed by atoms with E-state index in [1.807, 2.05) is 0 Å². The first kappa shape index (κ1) is 15.3. The van der Waals surface area contributed by atoms with Crippen LogP contribution >= 0.6 is 0 Å². The Hall–Kier alpha value is -0.0800. The van der Waals surface area contributed by atoms with E-state index in [1.54, 1.807) is 0 Å². The quantitative estimate of drug-likeness (QED) is 0.792. The number of nitrogens with zero attached hydrogens (tertiary/aromatic N) is 1. The van der Waals surface area contributed by atoms with Crippen LogP contribution in [0.25, 0.3) is 0 Å². The smallest absolute Gasteiger partial charge is 0.0329 e. The summed E-state index contributed by atoms with van der Waals surface area (Å²) >= 11 is 0. The molecule has 2 aliphatic rings. The molecule has 0 aromatic heterocycles. The third-order valence-corrected chi connectivity index (χ3v) is 5.93. The lowest BCUT2D eigenvalue weighted by molar-refractivity contribution is 0.0510. The van der Waals surface area contributed by atoms with Crippen molar-refractivity contribution in [2.75, 3.05) is 20.1 Å². The lowest BCUT2D eigenvalue weighted by atomic mass is 9.74. The summed E-state index contributed by atoms with van der Waals surface area (Å²) in [7, 11) is 2.34. The largest absolute Gasteiger partial charge is 0.329 e. The average molecular weight is 266 g/mol. The number of hydrogen-bond donors (Lipinski definition) is 1. The first-order chi connectivity index (χ1) is 9.20. The normalized spacial score (nSPS) is 33.2. The molecule has 2 aliphatic carbocycles. The van der Waals surface area contributed by atoms with Gasteiger partial charge in [0.1, 0.15) is 0 Å². The van der Waals surface area contributed by atoms with Crippen molar-refractivity contribution in [1.29, 1.82) is 0 Å². The Bertz CT molecular complexity index is 250. The monoisotopic (exact) mass is 266 g/mol. The topological polar surface area (TPSA) is 29.3 Å². The minimum absolute atomic E-state index is 0.326. The van der Waals surface area contributed by atoms with Gasteiger partial charge in [-0.05, 0) is 57.4 Å². The minimum Gasteiger partial charge on any atom is -0.329 e. The van der Waals surface area contributed by atoms with E-state index in [9.17, 15) is 0 Å². The molecule has 2 heteroatoms. The predicted octanol–water partition coefficient (Wildman–Crippen LogP) is 3.80. The summed E-state index contributed by atoms with van der Waals surface area (Å²) in [5.41, 5.74) is 6.52. The minimum atomic E-state index is 0.326. The second-order valence-corrected chi connectivity index (χ2v) is 7.19. The summed E-state index contributed by atoms with van der Waals surface area (Å²) in [6, 6.07) is 0. The Kier molecular flexibility index (Phi) is 5.70. The van der Waals surface area contributed by atoms with Crippen molar-refractivity contribution >= 4 is 0 Å². The van der Waals surface area contributed by atoms with Crippen molar-refractivity contribution in [1.82, 2.24) is 4.90 Å². The number of likely N-dealkylation sites (N-methyl/N-ethyl adjacent to an activating group) is 1. The van der Waals surface area contributed by atoms with Gasteiger partial charge in [-0.3, -0.25) is 4.90 Å². The lowest BCUT2D eigenvalue weighted by Gasteiger charge is -2.47. The van der Waals surface area contributed by atoms with Crippen molar-refractivity contribution in [3.8, 4) is 0 Å². The molecule has 0 aromatic carbocycles. The highest BCUT2D eigenvalue weighted by Crippen LogP contribution is 2.38. The van der Waals surface area contributed by atoms with Crippen molar-refractivity contribution < 1.29 is 0 Å². The van der Waals surface area contributed by atoms with E-state index in [0.717, 1.165) is 18.4 Å². The van der Waals surface area contributed by atoms with Crippen LogP contribution in [0.2, 0.25) is 0 Å². The predicted molar refractivity (Wildman–Crippen MR) is 83.2 cm³/mol. The highest BCUT2D eigenvalue weighted by atomic mass is 15.2. The second kappa shape index (κ2) is 7.08. The van der Waals surface area contributed by atoms with Crippen LogP contribution in [0.3, 0.4) is 0 Å². The number of nitrogens with two attached hydrogens (primary N) is 1. The van der Waals surface area contributed by atoms with Crippen LogP contribution in [0, 0.1) is 11.8 Å². The van der Waals surface area contributed by atoms with Gasteiger partial charge in [-0.25, -0.2) is 0 Å². The van der Waals surface area contributed by atoms with E-state index >= 15 is 0 Å². The van der Waals surface area contributed by atoms with Crippen molar-refractivity contribution in [3.05, 3.63) is 0 Å². The van der Waals surface area contributed by atoms with Crippen LogP contribution in [0.5, 0.6) is 0 Å². The fraction of sp³-hybridized carbons (Fsp3) is 1.00. The van der Waals surface area contributed by atoms with E-state index in [0.29, 0.717) is 5.54 Å². The first-order valence-corrected chi connectivity index (χ1v) is 8.61. The van der Waals surface area contributed by atoms with Crippen LogP contribution in [0.4, 0.5) is 0 Å². The zero-order chi connectivity index (χ0) is 13.7. The van der Waals surface area contributed by atoms with Crippen molar-refractivity contribution in [2.24, 2.45) is 17.6 Å². The Balaban J connectivity index is 1.87. The van der Waals surface area contributed by atoms with Crippen LogP contribution in [-0.4, -0.2) is 30.6 Å². The summed E-state index contributed by atoms with van der Waals surface area (Å²) < 4.78 is 0. The molecule has 0 unspecified atom stereocenters. The molecule has 0 saturated heterocycles. The lowest BCUT2D eigenvalue weighted by Crippen LogP contribution is -2.55. The third-order valence-electron chi connectivity index (χ3n) is 5.93. The highest BCUT2D eigenvalue weighted by molar-refractivity contribution is 4.95. The van der Waals surface area contributed by atoms with Crippen molar-refractivity contribution in [2.45, 2.75) is 76.7 Å². The molecule has 0 spiro atoms. The molecule has 0 aliphatic heterocycles. The maximum Gasteiger partial charge on any atom is 0.0329 e. The first-order valence-electron chi connectivity index (χ1n) is 8.61. The second-order valence-electron chi connectivity index (χ2n) is 7.19. The van der Waals surface area contributed by atoms with Gasteiger partial charge in [0.25, 0.3) is 0 Å². The fourth-order valence-corrected chi connectivity index (χ4v) is 4.43. The molecule has 0 atom stereocenters. The van der Waals surface area contributed by atoms with E-state index in [-0.39, 0.29) is 0 Å². The molecular formula is C17H34N2. The van der Waals surface area contributed by atoms with Crippen molar-refractivity contribution in [3.63, 3.8) is 0 Å². The number of hydrogen-bond acceptors (Lipinski definition) is 2. The van der Waals surface area contributed by atoms with E-state index in [4.69, 9.17) is 5.73 Å². The molecule has 2 N–H and O–H groups in total. The SMILES string of the molecule is CCCC1CCC(CN)(N(C)CC2CCCC2)CC1. The summed E-state index contributed by atoms with van der Waals surface area (Å²) in [5.74, 6) is 1.92. The van der Waals surface area contributed by atoms with Gasteiger partial charge in [0.05, 0.1) is 0 Å². The van der Waals surface area contributed by atoms with Crippen LogP contribution in [0.1, 0.15) is 71.1 Å². The highest BCUT2D eigenvalue weighted by Gasteiger charge is 2.38. The molecule has 0 bridgehead atoms. The molecule has 2 rings (SSSR count). The zero-order valence-corrected chi connectivity index (χ0v) is 13.2. The molecule has 112 valence electrons. The molecule has 0 aromatic rings. The summed E-state index contributed by atoms with van der Waals surface area (Å²) in [6.07, 6.45) is 14.0. The summed E-state index contributed by atoms with van der Waals surface area (Å²) in [6.45, 7) is 4.46. The standard InChI is InChI=1S/C17H34N2/c1-3-6-15-9-11-17(14-18,12-10-15)19(2)13-16-7-4-5-8-16/h15-16H,3-14,18H2,1-2H3. The van der Waals surface area contributed by atoms with Gasteiger partial charge in [-0.1, -0.05) is 32.6 Å². The molecule has 19 heavy (non-hydrogen) atoms. The third kappa shape index (κ3) is 3.72. The van der Waals surface area contributed by atoms with E-state index < -0.39 is 0 Å². The molecule has 0 amide bonds. The average Bonchev–Trinajstić information content (AvgIpc) is 2.93. The van der Waals surface area contributed by atoms with Crippen LogP contribution in [-0.2, 0) is 0 Å². The molecule has 2 fully saturated rings. The molecular weight excluding hydrogens is 232 g/mol. The van der Waals surface area contributed by atoms with Gasteiger partial charge in [0, 0.05) is 18.6 Å². The van der Waals surface area contributed by atoms with Gasteiger partial charge in [0.15, 0.2) is 0 Å². The molecule has 0 heterocycles. The maximum atomic E-state index is 6.19. The van der Waals surface area contributed by atoms with Gasteiger partial charge in [-0.15, -0.1) is 0 Å². The maximum absolute atomic E-state index is 6.19. The van der Waals surface area contributed by atoms with Gasteiger partial charge in [-0.2, -0.15) is 0 Å². The van der Waals surface area contributed by atoms with E-state index in [1.165, 1.54) is 70.8 Å². The Morgan fingerprint density at radius 2 is 1.68 bits per heavy atom. The molecule has 0 radical (unpaired) electrons. The Morgan fingerprint density at radius 1 is 1.05 bits per heavy atom. The summed E-state index contributed by atoms with van der Waals surface area (Å²) in [5, 5.41) is 0. The van der Waals surface area contributed by atoms with E-state index in [2.05, 4.69) is 18.9 Å². The molecule has 2 nitrogen and oxygen atoms in total. The zero-order valence-electron chi connectivity index (χ0n) is 13.2. The summed E-state index contributed by atoms with van der Waals surface area (Å²) in [4.78, 5) is 2.64. The fourth-order valence-electron chi connectivity index (χ4n) is 4.43. The Morgan fingerprint density at radius 3 is 2.21 bits per heavy atom. The number of rotatable bonds is 6. The Labute approximate surface area is 120 Å². The molecule has 2 saturated carbocycles. The van der Waals surface area contributed by atoms with Crippen LogP contribution < -0.4 is 5.73 Å². The van der Waals surface area contributed by atoms with Crippen LogP contribution in [0.15, 0.2) is 0 Å². The van der Waals surface area contributed by atoms with Gasteiger partial charge < -0.3 is 5.73 Å². The van der Waals surface area contributed by atoms with Gasteiger partial charge in [0.2, 0.25) is 0 Å².